The zero-order valence-corrected chi connectivity index (χ0v) is 14.7. The van der Waals surface area contributed by atoms with E-state index in [1.54, 1.807) is 0 Å². The molecule has 1 aliphatic carbocycles. The average molecular weight is 319 g/mol. The number of hydrogen-bond donors (Lipinski definition) is 1. The van der Waals surface area contributed by atoms with Crippen molar-refractivity contribution >= 4 is 23.4 Å². The van der Waals surface area contributed by atoms with Crippen LogP contribution in [0, 0.1) is 5.41 Å². The van der Waals surface area contributed by atoms with Gasteiger partial charge in [0.1, 0.15) is 0 Å². The van der Waals surface area contributed by atoms with Crippen LogP contribution in [0.4, 0.5) is 11.4 Å². The number of aryl methyl sites for hydroxylation is 1. The fraction of sp³-hybridized carbons (Fsp3) is 0.286. The first-order valence-electron chi connectivity index (χ1n) is 8.62. The summed E-state index contributed by atoms with van der Waals surface area (Å²) in [5.41, 5.74) is 6.06. The minimum Gasteiger partial charge on any atom is -0.316 e. The van der Waals surface area contributed by atoms with Crippen LogP contribution in [0.3, 0.4) is 0 Å². The third kappa shape index (κ3) is 2.94. The van der Waals surface area contributed by atoms with Gasteiger partial charge < -0.3 is 9.80 Å². The van der Waals surface area contributed by atoms with Crippen LogP contribution in [0.5, 0.6) is 0 Å². The summed E-state index contributed by atoms with van der Waals surface area (Å²) in [5.74, 6) is 0.499. The van der Waals surface area contributed by atoms with E-state index in [2.05, 4.69) is 73.4 Å². The van der Waals surface area contributed by atoms with Crippen LogP contribution in [0.15, 0.2) is 48.5 Å². The van der Waals surface area contributed by atoms with Gasteiger partial charge in [-0.25, -0.2) is 0 Å². The largest absolute Gasteiger partial charge is 0.316 e. The maximum atomic E-state index is 8.74. The molecule has 0 unspecified atom stereocenters. The molecule has 0 saturated carbocycles. The van der Waals surface area contributed by atoms with E-state index in [-0.39, 0.29) is 0 Å². The average Bonchev–Trinajstić information content (AvgIpc) is 3.11. The van der Waals surface area contributed by atoms with Gasteiger partial charge in [0.15, 0.2) is 0 Å². The summed E-state index contributed by atoms with van der Waals surface area (Å²) < 4.78 is 0. The molecule has 0 radical (unpaired) electrons. The Bertz CT molecular complexity index is 776. The Morgan fingerprint density at radius 1 is 1.12 bits per heavy atom. The van der Waals surface area contributed by atoms with Gasteiger partial charge in [0.2, 0.25) is 5.96 Å². The molecule has 1 aliphatic rings. The highest BCUT2D eigenvalue weighted by Gasteiger charge is 2.20. The molecule has 2 aromatic rings. The van der Waals surface area contributed by atoms with Crippen molar-refractivity contribution in [3.8, 4) is 0 Å². The highest BCUT2D eigenvalue weighted by molar-refractivity contribution is 6.06. The van der Waals surface area contributed by atoms with Crippen LogP contribution >= 0.6 is 0 Å². The number of anilines is 2. The van der Waals surface area contributed by atoms with Gasteiger partial charge >= 0.3 is 0 Å². The van der Waals surface area contributed by atoms with Crippen LogP contribution in [0.1, 0.15) is 30.5 Å². The predicted molar refractivity (Wildman–Crippen MR) is 104 cm³/mol. The summed E-state index contributed by atoms with van der Waals surface area (Å²) in [6, 6.07) is 14.8. The van der Waals surface area contributed by atoms with Gasteiger partial charge in [-0.3, -0.25) is 5.41 Å². The number of guanidine groups is 1. The summed E-state index contributed by atoms with van der Waals surface area (Å²) in [5, 5.41) is 8.74. The number of nitrogens with zero attached hydrogens (tertiary/aromatic N) is 2. The van der Waals surface area contributed by atoms with Crippen molar-refractivity contribution in [2.75, 3.05) is 23.4 Å². The number of rotatable bonds is 4. The van der Waals surface area contributed by atoms with Gasteiger partial charge in [-0.15, -0.1) is 0 Å². The topological polar surface area (TPSA) is 30.3 Å². The van der Waals surface area contributed by atoms with Crippen molar-refractivity contribution in [1.82, 2.24) is 0 Å². The fourth-order valence-corrected chi connectivity index (χ4v) is 3.23. The highest BCUT2D eigenvalue weighted by atomic mass is 15.3. The highest BCUT2D eigenvalue weighted by Crippen LogP contribution is 2.31. The summed E-state index contributed by atoms with van der Waals surface area (Å²) in [6.45, 7) is 5.02. The van der Waals surface area contributed by atoms with E-state index in [1.807, 2.05) is 11.9 Å². The Balaban J connectivity index is 1.92. The molecule has 2 aromatic carbocycles. The fourth-order valence-electron chi connectivity index (χ4n) is 3.23. The van der Waals surface area contributed by atoms with Gasteiger partial charge in [-0.05, 0) is 49.1 Å². The normalized spacial score (nSPS) is 12.1. The molecule has 0 amide bonds. The Kier molecular flexibility index (Phi) is 4.70. The van der Waals surface area contributed by atoms with E-state index in [0.29, 0.717) is 5.96 Å². The molecular weight excluding hydrogens is 294 g/mol. The van der Waals surface area contributed by atoms with Crippen molar-refractivity contribution in [3.63, 3.8) is 0 Å². The molecule has 0 spiro atoms. The lowest BCUT2D eigenvalue weighted by Gasteiger charge is -2.31. The lowest BCUT2D eigenvalue weighted by Crippen LogP contribution is -2.42. The first-order chi connectivity index (χ1) is 11.7. The van der Waals surface area contributed by atoms with Crippen LogP contribution in [-0.2, 0) is 12.8 Å². The number of hydrogen-bond acceptors (Lipinski definition) is 1. The van der Waals surface area contributed by atoms with Crippen LogP contribution in [0.25, 0.3) is 6.08 Å². The van der Waals surface area contributed by atoms with E-state index in [1.165, 1.54) is 16.7 Å². The molecule has 0 atom stereocenters. The van der Waals surface area contributed by atoms with E-state index in [4.69, 9.17) is 5.41 Å². The summed E-state index contributed by atoms with van der Waals surface area (Å²) in [7, 11) is 1.97. The van der Waals surface area contributed by atoms with E-state index in [9.17, 15) is 0 Å². The molecule has 3 nitrogen and oxygen atoms in total. The molecule has 0 aromatic heterocycles. The third-order valence-electron chi connectivity index (χ3n) is 4.68. The second-order valence-electron chi connectivity index (χ2n) is 6.11. The Morgan fingerprint density at radius 2 is 1.92 bits per heavy atom. The molecule has 0 aliphatic heterocycles. The Labute approximate surface area is 144 Å². The Morgan fingerprint density at radius 3 is 2.67 bits per heavy atom. The lowest BCUT2D eigenvalue weighted by molar-refractivity contribution is 1.00. The predicted octanol–water partition coefficient (Wildman–Crippen LogP) is 4.72. The second-order valence-corrected chi connectivity index (χ2v) is 6.11. The molecule has 124 valence electrons. The van der Waals surface area contributed by atoms with Gasteiger partial charge in [0, 0.05) is 24.8 Å². The maximum absolute atomic E-state index is 8.74. The minimum atomic E-state index is 0.499. The van der Waals surface area contributed by atoms with E-state index < -0.39 is 0 Å². The summed E-state index contributed by atoms with van der Waals surface area (Å²) in [4.78, 5) is 4.04. The van der Waals surface area contributed by atoms with Gasteiger partial charge in [-0.2, -0.15) is 0 Å². The van der Waals surface area contributed by atoms with Crippen molar-refractivity contribution in [2.45, 2.75) is 26.7 Å². The number of nitrogens with one attached hydrogen (secondary N) is 1. The molecular formula is C21H25N3. The molecule has 0 fully saturated rings. The first-order valence-corrected chi connectivity index (χ1v) is 8.62. The summed E-state index contributed by atoms with van der Waals surface area (Å²) >= 11 is 0. The van der Waals surface area contributed by atoms with Crippen molar-refractivity contribution in [2.24, 2.45) is 0 Å². The zero-order chi connectivity index (χ0) is 17.1. The van der Waals surface area contributed by atoms with E-state index in [0.717, 1.165) is 30.8 Å². The maximum Gasteiger partial charge on any atom is 0.202 e. The van der Waals surface area contributed by atoms with Gasteiger partial charge in [-0.1, -0.05) is 43.3 Å². The molecule has 3 heteroatoms. The zero-order valence-electron chi connectivity index (χ0n) is 14.7. The van der Waals surface area contributed by atoms with E-state index >= 15 is 0 Å². The first kappa shape index (κ1) is 16.3. The van der Waals surface area contributed by atoms with Crippen LogP contribution in [-0.4, -0.2) is 19.6 Å². The third-order valence-corrected chi connectivity index (χ3v) is 4.68. The molecule has 24 heavy (non-hydrogen) atoms. The number of benzene rings is 2. The van der Waals surface area contributed by atoms with Crippen molar-refractivity contribution < 1.29 is 0 Å². The van der Waals surface area contributed by atoms with Crippen LogP contribution in [0.2, 0.25) is 0 Å². The monoisotopic (exact) mass is 319 g/mol. The Hall–Kier alpha value is -2.55. The molecule has 3 rings (SSSR count). The molecule has 0 saturated heterocycles. The smallest absolute Gasteiger partial charge is 0.202 e. The summed E-state index contributed by atoms with van der Waals surface area (Å²) in [6.07, 6.45) is 6.37. The quantitative estimate of drug-likeness (QED) is 0.653. The molecule has 1 N–H and O–H groups in total. The second kappa shape index (κ2) is 6.91. The molecule has 0 heterocycles. The number of fused-ring (bicyclic) bond motifs is 1. The van der Waals surface area contributed by atoms with Gasteiger partial charge in [0.05, 0.1) is 5.69 Å². The van der Waals surface area contributed by atoms with Crippen LogP contribution < -0.4 is 9.80 Å². The number of allylic oxidation sites excluding steroid dienone is 1. The molecule has 0 bridgehead atoms. The SMILES string of the molecule is CCc1cccc(N(C)C(=N)N(CC)c2cccc3c2C=CC3)c1. The van der Waals surface area contributed by atoms with Crippen molar-refractivity contribution in [3.05, 3.63) is 65.2 Å². The van der Waals surface area contributed by atoms with Crippen molar-refractivity contribution in [1.29, 1.82) is 5.41 Å². The lowest BCUT2D eigenvalue weighted by atomic mass is 10.1. The standard InChI is InChI=1S/C21H25N3/c1-4-16-9-6-12-18(15-16)23(3)21(22)24(5-2)20-14-8-11-17-10-7-13-19(17)20/h6-9,11-15,22H,4-5,10H2,1-3H3. The minimum absolute atomic E-state index is 0.499. The van der Waals surface area contributed by atoms with Gasteiger partial charge in [0.25, 0.3) is 0 Å².